The predicted octanol–water partition coefficient (Wildman–Crippen LogP) is 5.54. The highest BCUT2D eigenvalue weighted by atomic mass is 32.1. The molecule has 1 atom stereocenters. The molecule has 2 aromatic heterocycles. The Labute approximate surface area is 218 Å². The highest BCUT2D eigenvalue weighted by molar-refractivity contribution is 7.15. The molecule has 5 rings (SSSR count). The van der Waals surface area contributed by atoms with Gasteiger partial charge in [-0.3, -0.25) is 14.5 Å². The van der Waals surface area contributed by atoms with Crippen molar-refractivity contribution in [3.05, 3.63) is 86.2 Å². The van der Waals surface area contributed by atoms with Crippen molar-refractivity contribution in [2.24, 2.45) is 0 Å². The summed E-state index contributed by atoms with van der Waals surface area (Å²) >= 11 is 1.34. The molecule has 2 aromatic carbocycles. The van der Waals surface area contributed by atoms with Crippen LogP contribution >= 0.6 is 11.3 Å². The summed E-state index contributed by atoms with van der Waals surface area (Å²) in [6.45, 7) is 9.94. The van der Waals surface area contributed by atoms with E-state index in [1.807, 2.05) is 26.0 Å². The maximum absolute atomic E-state index is 13.9. The summed E-state index contributed by atoms with van der Waals surface area (Å²) in [7, 11) is 1.54. The van der Waals surface area contributed by atoms with E-state index >= 15 is 0 Å². The van der Waals surface area contributed by atoms with Crippen LogP contribution in [-0.2, 0) is 6.42 Å². The van der Waals surface area contributed by atoms with Crippen molar-refractivity contribution in [1.82, 2.24) is 10.2 Å². The van der Waals surface area contributed by atoms with Crippen LogP contribution in [0.1, 0.15) is 57.2 Å². The Hall–Kier alpha value is -3.98. The molecule has 37 heavy (non-hydrogen) atoms. The normalized spacial score (nSPS) is 14.8. The van der Waals surface area contributed by atoms with E-state index < -0.39 is 11.9 Å². The largest absolute Gasteiger partial charge is 0.493 e. The van der Waals surface area contributed by atoms with Crippen LogP contribution < -0.4 is 19.8 Å². The number of ether oxygens (including phenoxy) is 2. The predicted molar refractivity (Wildman–Crippen MR) is 143 cm³/mol. The molecule has 0 N–H and O–H groups in total. The molecule has 0 aliphatic carbocycles. The van der Waals surface area contributed by atoms with Crippen LogP contribution in [-0.4, -0.2) is 29.8 Å². The number of carbonyl (C=O) groups excluding carboxylic acids is 1. The Morgan fingerprint density at radius 1 is 1.14 bits per heavy atom. The first-order chi connectivity index (χ1) is 17.9. The van der Waals surface area contributed by atoms with E-state index in [9.17, 15) is 9.59 Å². The molecule has 1 aliphatic heterocycles. The molecule has 0 spiro atoms. The Morgan fingerprint density at radius 3 is 2.65 bits per heavy atom. The molecule has 0 saturated heterocycles. The number of nitrogens with zero attached hydrogens (tertiary/aromatic N) is 3. The van der Waals surface area contributed by atoms with Gasteiger partial charge in [0.2, 0.25) is 10.9 Å². The number of aromatic nitrogens is 2. The van der Waals surface area contributed by atoms with Crippen LogP contribution in [0.25, 0.3) is 11.0 Å². The number of rotatable bonds is 8. The number of aryl methyl sites for hydroxylation is 3. The molecule has 0 bridgehead atoms. The second-order valence-electron chi connectivity index (χ2n) is 8.92. The Morgan fingerprint density at radius 2 is 1.92 bits per heavy atom. The lowest BCUT2D eigenvalue weighted by Crippen LogP contribution is -2.29. The van der Waals surface area contributed by atoms with Crippen LogP contribution in [0.5, 0.6) is 11.5 Å². The Balaban J connectivity index is 1.74. The molecule has 0 saturated carbocycles. The second kappa shape index (κ2) is 9.82. The summed E-state index contributed by atoms with van der Waals surface area (Å²) in [6, 6.07) is 8.20. The maximum Gasteiger partial charge on any atom is 0.297 e. The molecule has 3 heterocycles. The topological polar surface area (TPSA) is 94.8 Å². The van der Waals surface area contributed by atoms with Gasteiger partial charge in [-0.25, -0.2) is 0 Å². The quantitative estimate of drug-likeness (QED) is 0.283. The van der Waals surface area contributed by atoms with E-state index in [-0.39, 0.29) is 16.8 Å². The Kier molecular flexibility index (Phi) is 6.55. The van der Waals surface area contributed by atoms with E-state index in [0.29, 0.717) is 39.8 Å². The lowest BCUT2D eigenvalue weighted by molar-refractivity contribution is 0.0970. The van der Waals surface area contributed by atoms with Gasteiger partial charge in [0.1, 0.15) is 17.2 Å². The number of carbonyl (C=O) groups is 1. The van der Waals surface area contributed by atoms with Crippen molar-refractivity contribution < 1.29 is 18.7 Å². The molecule has 8 nitrogen and oxygen atoms in total. The average Bonchev–Trinajstić information content (AvgIpc) is 3.46. The van der Waals surface area contributed by atoms with Crippen LogP contribution in [0, 0.1) is 13.8 Å². The zero-order valence-corrected chi connectivity index (χ0v) is 22.0. The van der Waals surface area contributed by atoms with Gasteiger partial charge in [-0.05, 0) is 61.2 Å². The molecule has 1 aliphatic rings. The van der Waals surface area contributed by atoms with Crippen LogP contribution in [0.3, 0.4) is 0 Å². The summed E-state index contributed by atoms with van der Waals surface area (Å²) in [4.78, 5) is 29.2. The van der Waals surface area contributed by atoms with Crippen LogP contribution in [0.15, 0.2) is 52.2 Å². The van der Waals surface area contributed by atoms with Gasteiger partial charge in [-0.1, -0.05) is 37.0 Å². The fraction of sp³-hybridized carbons (Fsp3) is 0.286. The Bertz CT molecular complexity index is 1590. The number of benzene rings is 2. The number of fused-ring (bicyclic) bond motifs is 2. The molecular formula is C28H27N3O5S. The first-order valence-corrected chi connectivity index (χ1v) is 12.8. The molecule has 0 radical (unpaired) electrons. The summed E-state index contributed by atoms with van der Waals surface area (Å²) in [5.41, 5.74) is 3.02. The minimum atomic E-state index is -0.769. The number of hydrogen-bond donors (Lipinski definition) is 0. The van der Waals surface area contributed by atoms with E-state index in [1.54, 1.807) is 31.4 Å². The van der Waals surface area contributed by atoms with Gasteiger partial charge in [0.15, 0.2) is 16.9 Å². The van der Waals surface area contributed by atoms with Gasteiger partial charge in [-0.15, -0.1) is 10.2 Å². The van der Waals surface area contributed by atoms with Crippen molar-refractivity contribution in [3.63, 3.8) is 0 Å². The van der Waals surface area contributed by atoms with Gasteiger partial charge >= 0.3 is 0 Å². The standard InChI is InChI=1S/C28H27N3O5S/c1-6-8-22-29-30-28(37-22)31-24(17-9-10-19(35-11-7-2)21(14-17)34-5)23-25(32)18-12-15(3)16(4)13-20(18)36-26(23)27(31)33/h7,9-10,12-14,24H,2,6,8,11H2,1,3-5H3. The minimum absolute atomic E-state index is 0.0175. The minimum Gasteiger partial charge on any atom is -0.493 e. The smallest absolute Gasteiger partial charge is 0.297 e. The molecule has 0 fully saturated rings. The number of hydrogen-bond acceptors (Lipinski definition) is 8. The third kappa shape index (κ3) is 4.19. The number of methoxy groups -OCH3 is 1. The number of anilines is 1. The molecular weight excluding hydrogens is 490 g/mol. The zero-order valence-electron chi connectivity index (χ0n) is 21.2. The molecule has 4 aromatic rings. The maximum atomic E-state index is 13.9. The van der Waals surface area contributed by atoms with Crippen molar-refractivity contribution in [2.45, 2.75) is 39.7 Å². The first kappa shape index (κ1) is 24.7. The van der Waals surface area contributed by atoms with Gasteiger partial charge in [-0.2, -0.15) is 0 Å². The van der Waals surface area contributed by atoms with Crippen molar-refractivity contribution >= 4 is 33.3 Å². The summed E-state index contributed by atoms with van der Waals surface area (Å²) in [5.74, 6) is 0.590. The third-order valence-electron chi connectivity index (χ3n) is 6.47. The van der Waals surface area contributed by atoms with Gasteiger partial charge in [0, 0.05) is 6.42 Å². The van der Waals surface area contributed by atoms with Gasteiger partial charge in [0.05, 0.1) is 24.1 Å². The number of amides is 1. The monoisotopic (exact) mass is 517 g/mol. The molecule has 9 heteroatoms. The van der Waals surface area contributed by atoms with Gasteiger partial charge in [0.25, 0.3) is 5.91 Å². The molecule has 190 valence electrons. The van der Waals surface area contributed by atoms with E-state index in [2.05, 4.69) is 23.7 Å². The van der Waals surface area contributed by atoms with Crippen molar-refractivity contribution in [3.8, 4) is 11.5 Å². The zero-order chi connectivity index (χ0) is 26.3. The highest BCUT2D eigenvalue weighted by Gasteiger charge is 2.45. The van der Waals surface area contributed by atoms with Crippen molar-refractivity contribution in [2.75, 3.05) is 18.6 Å². The summed E-state index contributed by atoms with van der Waals surface area (Å²) in [5, 5.41) is 10.3. The summed E-state index contributed by atoms with van der Waals surface area (Å²) in [6.07, 6.45) is 3.30. The molecule has 1 amide bonds. The third-order valence-corrected chi connectivity index (χ3v) is 7.46. The van der Waals surface area contributed by atoms with Crippen molar-refractivity contribution in [1.29, 1.82) is 0 Å². The first-order valence-electron chi connectivity index (χ1n) is 12.0. The SMILES string of the molecule is C=CCOc1ccc(C2c3c(oc4cc(C)c(C)cc4c3=O)C(=O)N2c2nnc(CCC)s2)cc1OC. The van der Waals surface area contributed by atoms with Crippen LogP contribution in [0.2, 0.25) is 0 Å². The second-order valence-corrected chi connectivity index (χ2v) is 9.96. The van der Waals surface area contributed by atoms with E-state index in [4.69, 9.17) is 13.9 Å². The average molecular weight is 518 g/mol. The fourth-order valence-corrected chi connectivity index (χ4v) is 5.49. The fourth-order valence-electron chi connectivity index (χ4n) is 4.52. The van der Waals surface area contributed by atoms with E-state index in [0.717, 1.165) is 29.0 Å². The highest BCUT2D eigenvalue weighted by Crippen LogP contribution is 2.44. The summed E-state index contributed by atoms with van der Waals surface area (Å²) < 4.78 is 17.4. The molecule has 1 unspecified atom stereocenters. The lowest BCUT2D eigenvalue weighted by Gasteiger charge is -2.23. The van der Waals surface area contributed by atoms with Gasteiger partial charge < -0.3 is 13.9 Å². The van der Waals surface area contributed by atoms with E-state index in [1.165, 1.54) is 16.2 Å². The lowest BCUT2D eigenvalue weighted by atomic mass is 9.97. The van der Waals surface area contributed by atoms with Crippen LogP contribution in [0.4, 0.5) is 5.13 Å².